The van der Waals surface area contributed by atoms with Crippen LogP contribution in [0.1, 0.15) is 25.8 Å². The van der Waals surface area contributed by atoms with Crippen molar-refractivity contribution in [1.82, 2.24) is 10.6 Å². The molecule has 7 heteroatoms. The lowest BCUT2D eigenvalue weighted by Gasteiger charge is -2.14. The minimum atomic E-state index is -0.393. The van der Waals surface area contributed by atoms with Crippen molar-refractivity contribution < 1.29 is 4.92 Å². The molecule has 0 unspecified atom stereocenters. The maximum atomic E-state index is 10.7. The topological polar surface area (TPSA) is 79.6 Å². The number of nitro benzene ring substituents is 1. The molecule has 23 heavy (non-hydrogen) atoms. The Labute approximate surface area is 142 Å². The third kappa shape index (κ3) is 8.44. The highest BCUT2D eigenvalue weighted by molar-refractivity contribution is 7.98. The number of guanidine groups is 1. The molecule has 0 aliphatic heterocycles. The zero-order chi connectivity index (χ0) is 17.1. The summed E-state index contributed by atoms with van der Waals surface area (Å²) < 4.78 is 0. The van der Waals surface area contributed by atoms with Crippen LogP contribution in [0, 0.1) is 16.0 Å². The van der Waals surface area contributed by atoms with Crippen molar-refractivity contribution >= 4 is 23.4 Å². The summed E-state index contributed by atoms with van der Waals surface area (Å²) in [6.45, 7) is 6.52. The highest BCUT2D eigenvalue weighted by atomic mass is 32.2. The number of benzene rings is 1. The van der Waals surface area contributed by atoms with Crippen LogP contribution in [0.15, 0.2) is 29.3 Å². The Bertz CT molecular complexity index is 503. The van der Waals surface area contributed by atoms with E-state index in [1.165, 1.54) is 12.1 Å². The first-order valence-electron chi connectivity index (χ1n) is 7.77. The minimum Gasteiger partial charge on any atom is -0.356 e. The van der Waals surface area contributed by atoms with E-state index < -0.39 is 4.92 Å². The van der Waals surface area contributed by atoms with Gasteiger partial charge in [0.2, 0.25) is 0 Å². The molecule has 0 aliphatic carbocycles. The largest absolute Gasteiger partial charge is 0.356 e. The number of non-ortho nitro benzene ring substituents is 1. The number of aliphatic imine (C=N–C) groups is 1. The van der Waals surface area contributed by atoms with Gasteiger partial charge >= 0.3 is 0 Å². The number of nitrogens with zero attached hydrogens (tertiary/aromatic N) is 2. The first kappa shape index (κ1) is 19.3. The van der Waals surface area contributed by atoms with Crippen LogP contribution in [0.4, 0.5) is 5.69 Å². The van der Waals surface area contributed by atoms with Crippen LogP contribution in [0.3, 0.4) is 0 Å². The summed E-state index contributed by atoms with van der Waals surface area (Å²) in [6.07, 6.45) is 3.18. The number of hydrogen-bond acceptors (Lipinski definition) is 4. The molecule has 0 fully saturated rings. The van der Waals surface area contributed by atoms with Gasteiger partial charge in [-0.15, -0.1) is 0 Å². The van der Waals surface area contributed by atoms with E-state index in [9.17, 15) is 10.1 Å². The van der Waals surface area contributed by atoms with Crippen LogP contribution >= 0.6 is 11.8 Å². The molecule has 0 radical (unpaired) electrons. The minimum absolute atomic E-state index is 0.103. The second-order valence-electron chi connectivity index (χ2n) is 5.64. The number of thioether (sulfide) groups is 1. The summed E-state index contributed by atoms with van der Waals surface area (Å²) in [5.74, 6) is 2.44. The molecular formula is C16H26N4O2S. The second kappa shape index (κ2) is 10.9. The van der Waals surface area contributed by atoms with E-state index >= 15 is 0 Å². The van der Waals surface area contributed by atoms with Gasteiger partial charge in [-0.05, 0) is 29.9 Å². The molecule has 0 atom stereocenters. The third-order valence-electron chi connectivity index (χ3n) is 3.06. The SMILES string of the molecule is CSCCCNC(=NCc1ccc([N+](=O)[O-])cc1)NCC(C)C. The van der Waals surface area contributed by atoms with E-state index in [0.29, 0.717) is 12.5 Å². The Hall–Kier alpha value is -1.76. The van der Waals surface area contributed by atoms with Crippen LogP contribution in [0.25, 0.3) is 0 Å². The average Bonchev–Trinajstić information content (AvgIpc) is 2.53. The summed E-state index contributed by atoms with van der Waals surface area (Å²) in [5, 5.41) is 17.3. The van der Waals surface area contributed by atoms with Crippen LogP contribution in [0.2, 0.25) is 0 Å². The summed E-state index contributed by atoms with van der Waals surface area (Å²) in [6, 6.07) is 6.51. The highest BCUT2D eigenvalue weighted by Crippen LogP contribution is 2.12. The summed E-state index contributed by atoms with van der Waals surface area (Å²) in [5.41, 5.74) is 1.05. The standard InChI is InChI=1S/C16H26N4O2S/c1-13(2)11-18-16(17-9-4-10-23-3)19-12-14-5-7-15(8-6-14)20(21)22/h5-8,13H,4,9-12H2,1-3H3,(H2,17,18,19). The first-order chi connectivity index (χ1) is 11.0. The van der Waals surface area contributed by atoms with Crippen molar-refractivity contribution in [1.29, 1.82) is 0 Å². The first-order valence-corrected chi connectivity index (χ1v) is 9.16. The summed E-state index contributed by atoms with van der Waals surface area (Å²) in [4.78, 5) is 14.8. The monoisotopic (exact) mass is 338 g/mol. The molecular weight excluding hydrogens is 312 g/mol. The Kier molecular flexibility index (Phi) is 9.12. The van der Waals surface area contributed by atoms with E-state index in [4.69, 9.17) is 0 Å². The number of nitrogens with one attached hydrogen (secondary N) is 2. The van der Waals surface area contributed by atoms with E-state index in [0.717, 1.165) is 36.8 Å². The highest BCUT2D eigenvalue weighted by Gasteiger charge is 2.04. The van der Waals surface area contributed by atoms with Gasteiger partial charge < -0.3 is 10.6 Å². The van der Waals surface area contributed by atoms with Crippen molar-refractivity contribution in [2.75, 3.05) is 25.1 Å². The molecule has 0 aromatic heterocycles. The van der Waals surface area contributed by atoms with E-state index in [2.05, 4.69) is 35.7 Å². The quantitative estimate of drug-likeness (QED) is 0.238. The van der Waals surface area contributed by atoms with E-state index in [1.807, 2.05) is 11.8 Å². The van der Waals surface area contributed by atoms with E-state index in [-0.39, 0.29) is 5.69 Å². The predicted molar refractivity (Wildman–Crippen MR) is 98.1 cm³/mol. The Balaban J connectivity index is 2.60. The fourth-order valence-corrected chi connectivity index (χ4v) is 2.22. The van der Waals surface area contributed by atoms with Crippen LogP contribution in [-0.4, -0.2) is 36.0 Å². The van der Waals surface area contributed by atoms with Gasteiger partial charge in [0.25, 0.3) is 5.69 Å². The molecule has 0 heterocycles. The molecule has 2 N–H and O–H groups in total. The average molecular weight is 338 g/mol. The molecule has 6 nitrogen and oxygen atoms in total. The zero-order valence-corrected chi connectivity index (χ0v) is 14.9. The van der Waals surface area contributed by atoms with Crippen LogP contribution in [-0.2, 0) is 6.54 Å². The van der Waals surface area contributed by atoms with Gasteiger partial charge in [-0.2, -0.15) is 11.8 Å². The Morgan fingerprint density at radius 3 is 2.57 bits per heavy atom. The lowest BCUT2D eigenvalue weighted by molar-refractivity contribution is -0.384. The van der Waals surface area contributed by atoms with Crippen molar-refractivity contribution in [3.63, 3.8) is 0 Å². The van der Waals surface area contributed by atoms with Gasteiger partial charge in [-0.25, -0.2) is 4.99 Å². The maximum absolute atomic E-state index is 10.7. The third-order valence-corrected chi connectivity index (χ3v) is 3.76. The van der Waals surface area contributed by atoms with Gasteiger partial charge in [0.1, 0.15) is 0 Å². The molecule has 0 saturated heterocycles. The van der Waals surface area contributed by atoms with Gasteiger partial charge in [0.15, 0.2) is 5.96 Å². The lowest BCUT2D eigenvalue weighted by atomic mass is 10.2. The van der Waals surface area contributed by atoms with Crippen LogP contribution < -0.4 is 10.6 Å². The molecule has 0 bridgehead atoms. The number of hydrogen-bond donors (Lipinski definition) is 2. The van der Waals surface area contributed by atoms with Crippen molar-refractivity contribution in [2.24, 2.45) is 10.9 Å². The lowest BCUT2D eigenvalue weighted by Crippen LogP contribution is -2.39. The fraction of sp³-hybridized carbons (Fsp3) is 0.562. The van der Waals surface area contributed by atoms with Crippen LogP contribution in [0.5, 0.6) is 0 Å². The van der Waals surface area contributed by atoms with Crippen molar-refractivity contribution in [3.05, 3.63) is 39.9 Å². The molecule has 0 aliphatic rings. The van der Waals surface area contributed by atoms with Gasteiger partial charge in [-0.3, -0.25) is 10.1 Å². The molecule has 128 valence electrons. The van der Waals surface area contributed by atoms with E-state index in [1.54, 1.807) is 12.1 Å². The molecule has 0 amide bonds. The smallest absolute Gasteiger partial charge is 0.269 e. The second-order valence-corrected chi connectivity index (χ2v) is 6.62. The van der Waals surface area contributed by atoms with Gasteiger partial charge in [0, 0.05) is 25.2 Å². The Morgan fingerprint density at radius 1 is 1.30 bits per heavy atom. The van der Waals surface area contributed by atoms with Gasteiger partial charge in [0.05, 0.1) is 11.5 Å². The summed E-state index contributed by atoms with van der Waals surface area (Å²) >= 11 is 1.83. The van der Waals surface area contributed by atoms with Gasteiger partial charge in [-0.1, -0.05) is 26.0 Å². The Morgan fingerprint density at radius 2 is 2.00 bits per heavy atom. The number of nitro groups is 1. The molecule has 0 spiro atoms. The molecule has 0 saturated carbocycles. The normalized spacial score (nSPS) is 11.6. The summed E-state index contributed by atoms with van der Waals surface area (Å²) in [7, 11) is 0. The number of rotatable bonds is 9. The molecule has 1 aromatic carbocycles. The van der Waals surface area contributed by atoms with Crippen molar-refractivity contribution in [2.45, 2.75) is 26.8 Å². The zero-order valence-electron chi connectivity index (χ0n) is 14.0. The fourth-order valence-electron chi connectivity index (χ4n) is 1.79. The predicted octanol–water partition coefficient (Wildman–Crippen LogP) is 3.04. The maximum Gasteiger partial charge on any atom is 0.269 e. The molecule has 1 rings (SSSR count). The van der Waals surface area contributed by atoms with Crippen molar-refractivity contribution in [3.8, 4) is 0 Å². The molecule has 1 aromatic rings.